The molecule has 7 heteroatoms. The van der Waals surface area contributed by atoms with Gasteiger partial charge in [-0.25, -0.2) is 9.58 Å². The van der Waals surface area contributed by atoms with Crippen molar-refractivity contribution in [2.75, 3.05) is 4.90 Å². The summed E-state index contributed by atoms with van der Waals surface area (Å²) in [6.45, 7) is 5.72. The Balaban J connectivity index is 1.79. The van der Waals surface area contributed by atoms with E-state index in [2.05, 4.69) is 5.10 Å². The molecule has 174 valence electrons. The van der Waals surface area contributed by atoms with Gasteiger partial charge in [-0.05, 0) is 48.6 Å². The predicted octanol–water partition coefficient (Wildman–Crippen LogP) is 3.61. The van der Waals surface area contributed by atoms with Gasteiger partial charge in [0.1, 0.15) is 5.57 Å². The van der Waals surface area contributed by atoms with Crippen molar-refractivity contribution in [3.8, 4) is 11.6 Å². The third kappa shape index (κ3) is 3.71. The van der Waals surface area contributed by atoms with Gasteiger partial charge in [-0.2, -0.15) is 9.67 Å². The molecule has 2 aromatic heterocycles. The SMILES string of the molecule is Cc1cccc(N2C(=O)C(c3c(C(C)C)nn(-c4ccccc4)c3[O-])=C([n+]3ccccc3)C2=O)c1. The molecule has 0 radical (unpaired) electrons. The van der Waals surface area contributed by atoms with Crippen LogP contribution < -0.4 is 14.6 Å². The van der Waals surface area contributed by atoms with Gasteiger partial charge in [0, 0.05) is 17.7 Å². The Morgan fingerprint density at radius 3 is 2.17 bits per heavy atom. The summed E-state index contributed by atoms with van der Waals surface area (Å²) in [6.07, 6.45) is 3.39. The van der Waals surface area contributed by atoms with Crippen LogP contribution in [0.25, 0.3) is 17.0 Å². The molecule has 4 aromatic rings. The maximum atomic E-state index is 13.9. The summed E-state index contributed by atoms with van der Waals surface area (Å²) in [5.41, 5.74) is 2.77. The van der Waals surface area contributed by atoms with E-state index in [-0.39, 0.29) is 22.8 Å². The third-order valence-corrected chi connectivity index (χ3v) is 5.96. The summed E-state index contributed by atoms with van der Waals surface area (Å²) in [7, 11) is 0. The molecule has 35 heavy (non-hydrogen) atoms. The normalized spacial score (nSPS) is 13.9. The molecule has 3 heterocycles. The van der Waals surface area contributed by atoms with E-state index in [1.165, 1.54) is 4.68 Å². The smallest absolute Gasteiger partial charge is 0.331 e. The van der Waals surface area contributed by atoms with Crippen molar-refractivity contribution in [1.82, 2.24) is 9.78 Å². The molecule has 1 aliphatic heterocycles. The monoisotopic (exact) mass is 464 g/mol. The highest BCUT2D eigenvalue weighted by Gasteiger charge is 2.47. The molecule has 0 N–H and O–H groups in total. The predicted molar refractivity (Wildman–Crippen MR) is 131 cm³/mol. The number of nitrogens with zero attached hydrogens (tertiary/aromatic N) is 4. The van der Waals surface area contributed by atoms with Crippen LogP contribution in [0.15, 0.2) is 85.2 Å². The van der Waals surface area contributed by atoms with Crippen LogP contribution in [0.1, 0.15) is 36.6 Å². The van der Waals surface area contributed by atoms with Crippen molar-refractivity contribution < 1.29 is 19.3 Å². The molecular weight excluding hydrogens is 440 g/mol. The van der Waals surface area contributed by atoms with Crippen molar-refractivity contribution in [3.63, 3.8) is 0 Å². The number of anilines is 1. The van der Waals surface area contributed by atoms with Crippen LogP contribution in [0.3, 0.4) is 0 Å². The molecule has 0 saturated carbocycles. The van der Waals surface area contributed by atoms with E-state index in [1.807, 2.05) is 51.1 Å². The van der Waals surface area contributed by atoms with Crippen molar-refractivity contribution >= 4 is 28.8 Å². The first-order valence-corrected chi connectivity index (χ1v) is 11.4. The van der Waals surface area contributed by atoms with Crippen molar-refractivity contribution in [2.24, 2.45) is 0 Å². The highest BCUT2D eigenvalue weighted by Crippen LogP contribution is 2.40. The van der Waals surface area contributed by atoms with Crippen molar-refractivity contribution in [3.05, 3.63) is 102 Å². The fraction of sp³-hybridized carbons (Fsp3) is 0.143. The number of aromatic nitrogens is 3. The molecule has 0 spiro atoms. The lowest BCUT2D eigenvalue weighted by Crippen LogP contribution is -2.39. The maximum Gasteiger partial charge on any atom is 0.331 e. The number of amides is 2. The van der Waals surface area contributed by atoms with E-state index in [9.17, 15) is 14.7 Å². The summed E-state index contributed by atoms with van der Waals surface area (Å²) in [6, 6.07) is 21.6. The van der Waals surface area contributed by atoms with Gasteiger partial charge in [0.2, 0.25) is 0 Å². The first-order chi connectivity index (χ1) is 16.9. The number of aryl methyl sites for hydroxylation is 1. The van der Waals surface area contributed by atoms with Crippen LogP contribution >= 0.6 is 0 Å². The van der Waals surface area contributed by atoms with Crippen LogP contribution in [-0.4, -0.2) is 21.6 Å². The van der Waals surface area contributed by atoms with Gasteiger partial charge in [-0.3, -0.25) is 9.59 Å². The third-order valence-electron chi connectivity index (χ3n) is 5.96. The molecule has 2 aromatic carbocycles. The lowest BCUT2D eigenvalue weighted by Gasteiger charge is -2.16. The van der Waals surface area contributed by atoms with E-state index in [1.54, 1.807) is 59.4 Å². The minimum Gasteiger partial charge on any atom is -0.858 e. The standard InChI is InChI=1S/C28H24N4O3/c1-18(2)24-22(27(34)32(29-24)20-12-6-4-7-13-20)23-25(30-15-8-5-9-16-30)28(35)31(26(23)33)21-14-10-11-19(3)17-21/h4-18H,1-3H3. The second-order valence-corrected chi connectivity index (χ2v) is 8.76. The second-order valence-electron chi connectivity index (χ2n) is 8.76. The zero-order chi connectivity index (χ0) is 24.7. The minimum absolute atomic E-state index is 0.0589. The first-order valence-electron chi connectivity index (χ1n) is 11.4. The lowest BCUT2D eigenvalue weighted by atomic mass is 9.98. The number of carbonyl (C=O) groups is 2. The molecule has 7 nitrogen and oxygen atoms in total. The average Bonchev–Trinajstić information content (AvgIpc) is 3.33. The summed E-state index contributed by atoms with van der Waals surface area (Å²) in [5.74, 6) is -1.63. The van der Waals surface area contributed by atoms with Crippen LogP contribution in [0.4, 0.5) is 5.69 Å². The van der Waals surface area contributed by atoms with Gasteiger partial charge in [-0.1, -0.05) is 50.2 Å². The fourth-order valence-corrected chi connectivity index (χ4v) is 4.33. The topological polar surface area (TPSA) is 82.1 Å². The average molecular weight is 465 g/mol. The molecule has 0 fully saturated rings. The Labute approximate surface area is 203 Å². The highest BCUT2D eigenvalue weighted by molar-refractivity contribution is 6.53. The summed E-state index contributed by atoms with van der Waals surface area (Å²) >= 11 is 0. The Hall–Kier alpha value is -4.52. The van der Waals surface area contributed by atoms with Crippen LogP contribution in [0.5, 0.6) is 5.88 Å². The zero-order valence-corrected chi connectivity index (χ0v) is 19.7. The Bertz CT molecular complexity index is 1470. The van der Waals surface area contributed by atoms with Gasteiger partial charge in [0.25, 0.3) is 11.6 Å². The number of hydrogen-bond acceptors (Lipinski definition) is 4. The van der Waals surface area contributed by atoms with Gasteiger partial charge in [0.15, 0.2) is 12.4 Å². The summed E-state index contributed by atoms with van der Waals surface area (Å²) < 4.78 is 2.90. The molecule has 0 unspecified atom stereocenters. The van der Waals surface area contributed by atoms with E-state index >= 15 is 0 Å². The summed E-state index contributed by atoms with van der Waals surface area (Å²) in [4.78, 5) is 28.9. The highest BCUT2D eigenvalue weighted by atomic mass is 16.3. The van der Waals surface area contributed by atoms with Crippen LogP contribution in [-0.2, 0) is 9.59 Å². The van der Waals surface area contributed by atoms with E-state index in [0.29, 0.717) is 17.1 Å². The Morgan fingerprint density at radius 1 is 0.857 bits per heavy atom. The fourth-order valence-electron chi connectivity index (χ4n) is 4.33. The first kappa shape index (κ1) is 22.3. The molecule has 5 rings (SSSR count). The largest absolute Gasteiger partial charge is 0.858 e. The molecule has 0 atom stereocenters. The number of hydrogen-bond donors (Lipinski definition) is 0. The van der Waals surface area contributed by atoms with E-state index < -0.39 is 17.7 Å². The van der Waals surface area contributed by atoms with E-state index in [0.717, 1.165) is 10.5 Å². The molecule has 0 bridgehead atoms. The molecule has 0 saturated heterocycles. The van der Waals surface area contributed by atoms with E-state index in [4.69, 9.17) is 0 Å². The van der Waals surface area contributed by atoms with Crippen molar-refractivity contribution in [1.29, 1.82) is 0 Å². The van der Waals surface area contributed by atoms with Crippen LogP contribution in [0.2, 0.25) is 0 Å². The molecule has 2 amide bonds. The van der Waals surface area contributed by atoms with Gasteiger partial charge >= 0.3 is 5.91 Å². The Morgan fingerprint density at radius 2 is 1.51 bits per heavy atom. The number of pyridine rings is 1. The van der Waals surface area contributed by atoms with Gasteiger partial charge < -0.3 is 5.11 Å². The Kier molecular flexibility index (Phi) is 5.53. The maximum absolute atomic E-state index is 13.9. The minimum atomic E-state index is -0.543. The van der Waals surface area contributed by atoms with Gasteiger partial charge in [-0.15, -0.1) is 0 Å². The number of benzene rings is 2. The second kappa shape index (κ2) is 8.68. The number of para-hydroxylation sites is 1. The quantitative estimate of drug-likeness (QED) is 0.334. The summed E-state index contributed by atoms with van der Waals surface area (Å²) in [5, 5.41) is 18.4. The lowest BCUT2D eigenvalue weighted by molar-refractivity contribution is -0.576. The van der Waals surface area contributed by atoms with Crippen LogP contribution in [0, 0.1) is 6.92 Å². The van der Waals surface area contributed by atoms with Gasteiger partial charge in [0.05, 0.1) is 17.1 Å². The van der Waals surface area contributed by atoms with Crippen molar-refractivity contribution in [2.45, 2.75) is 26.7 Å². The zero-order valence-electron chi connectivity index (χ0n) is 19.7. The molecule has 1 aliphatic rings. The number of imide groups is 1. The molecular formula is C28H24N4O3. The number of carbonyl (C=O) groups excluding carboxylic acids is 2. The number of rotatable bonds is 5. The molecule has 0 aliphatic carbocycles.